The number of amides is 1. The fourth-order valence-electron chi connectivity index (χ4n) is 2.52. The lowest BCUT2D eigenvalue weighted by atomic mass is 9.87. The Kier molecular flexibility index (Phi) is 6.57. The fraction of sp³-hybridized carbons (Fsp3) is 0.611. The smallest absolute Gasteiger partial charge is 0.238 e. The Hall–Kier alpha value is -1.43. The SMILES string of the molecule is CC(C)(C)c1ccc(NC(=O)CNCCN2CCOCC2)cc1. The van der Waals surface area contributed by atoms with Crippen LogP contribution in [0.3, 0.4) is 0 Å². The van der Waals surface area contributed by atoms with Crippen LogP contribution in [0.4, 0.5) is 5.69 Å². The second kappa shape index (κ2) is 8.43. The highest BCUT2D eigenvalue weighted by molar-refractivity contribution is 5.92. The summed E-state index contributed by atoms with van der Waals surface area (Å²) in [7, 11) is 0. The van der Waals surface area contributed by atoms with E-state index in [4.69, 9.17) is 4.74 Å². The molecule has 5 nitrogen and oxygen atoms in total. The number of carbonyl (C=O) groups excluding carboxylic acids is 1. The van der Waals surface area contributed by atoms with Crippen molar-refractivity contribution in [1.29, 1.82) is 0 Å². The first kappa shape index (κ1) is 17.9. The molecule has 5 heteroatoms. The van der Waals surface area contributed by atoms with Gasteiger partial charge in [0.1, 0.15) is 0 Å². The summed E-state index contributed by atoms with van der Waals surface area (Å²) in [4.78, 5) is 14.3. The van der Waals surface area contributed by atoms with Gasteiger partial charge in [-0.05, 0) is 23.1 Å². The summed E-state index contributed by atoms with van der Waals surface area (Å²) in [6, 6.07) is 8.07. The number of carbonyl (C=O) groups is 1. The minimum atomic E-state index is -0.00418. The molecule has 2 rings (SSSR count). The molecule has 1 aromatic rings. The van der Waals surface area contributed by atoms with E-state index in [1.54, 1.807) is 0 Å². The first-order valence-electron chi connectivity index (χ1n) is 8.36. The van der Waals surface area contributed by atoms with Crippen LogP contribution in [0.2, 0.25) is 0 Å². The Morgan fingerprint density at radius 2 is 1.83 bits per heavy atom. The summed E-state index contributed by atoms with van der Waals surface area (Å²) >= 11 is 0. The molecule has 1 aliphatic rings. The predicted octanol–water partition coefficient (Wildman–Crippen LogP) is 1.84. The van der Waals surface area contributed by atoms with Crippen LogP contribution in [-0.2, 0) is 14.9 Å². The van der Waals surface area contributed by atoms with Crippen LogP contribution in [0.5, 0.6) is 0 Å². The second-order valence-corrected chi connectivity index (χ2v) is 7.01. The van der Waals surface area contributed by atoms with Gasteiger partial charge in [0.05, 0.1) is 19.8 Å². The van der Waals surface area contributed by atoms with Crippen LogP contribution in [0.15, 0.2) is 24.3 Å². The molecular weight excluding hydrogens is 290 g/mol. The van der Waals surface area contributed by atoms with Crippen molar-refractivity contribution in [3.8, 4) is 0 Å². The Morgan fingerprint density at radius 1 is 1.17 bits per heavy atom. The summed E-state index contributed by atoms with van der Waals surface area (Å²) < 4.78 is 5.31. The van der Waals surface area contributed by atoms with E-state index in [1.165, 1.54) is 5.56 Å². The quantitative estimate of drug-likeness (QED) is 0.786. The number of benzene rings is 1. The molecule has 0 spiro atoms. The van der Waals surface area contributed by atoms with E-state index in [2.05, 4.69) is 48.4 Å². The van der Waals surface area contributed by atoms with Crippen molar-refractivity contribution in [1.82, 2.24) is 10.2 Å². The van der Waals surface area contributed by atoms with Crippen LogP contribution in [0, 0.1) is 0 Å². The minimum Gasteiger partial charge on any atom is -0.379 e. The average Bonchev–Trinajstić information content (AvgIpc) is 2.52. The number of nitrogens with zero attached hydrogens (tertiary/aromatic N) is 1. The molecule has 0 unspecified atom stereocenters. The van der Waals surface area contributed by atoms with Crippen LogP contribution in [0.25, 0.3) is 0 Å². The van der Waals surface area contributed by atoms with Crippen molar-refractivity contribution >= 4 is 11.6 Å². The Labute approximate surface area is 139 Å². The van der Waals surface area contributed by atoms with Gasteiger partial charge in [0.25, 0.3) is 0 Å². The lowest BCUT2D eigenvalue weighted by molar-refractivity contribution is -0.115. The monoisotopic (exact) mass is 319 g/mol. The van der Waals surface area contributed by atoms with Gasteiger partial charge in [-0.3, -0.25) is 9.69 Å². The third-order valence-corrected chi connectivity index (χ3v) is 4.03. The highest BCUT2D eigenvalue weighted by atomic mass is 16.5. The van der Waals surface area contributed by atoms with E-state index in [1.807, 2.05) is 12.1 Å². The van der Waals surface area contributed by atoms with E-state index in [-0.39, 0.29) is 11.3 Å². The van der Waals surface area contributed by atoms with Crippen molar-refractivity contribution in [3.05, 3.63) is 29.8 Å². The first-order chi connectivity index (χ1) is 10.9. The Bertz CT molecular complexity index is 488. The van der Waals surface area contributed by atoms with E-state index < -0.39 is 0 Å². The number of morpholine rings is 1. The van der Waals surface area contributed by atoms with Gasteiger partial charge in [-0.2, -0.15) is 0 Å². The van der Waals surface area contributed by atoms with Crippen molar-refractivity contribution in [3.63, 3.8) is 0 Å². The third kappa shape index (κ3) is 6.29. The van der Waals surface area contributed by atoms with Gasteiger partial charge in [-0.15, -0.1) is 0 Å². The molecule has 0 aliphatic carbocycles. The van der Waals surface area contributed by atoms with Gasteiger partial charge < -0.3 is 15.4 Å². The van der Waals surface area contributed by atoms with Gasteiger partial charge in [0.15, 0.2) is 0 Å². The van der Waals surface area contributed by atoms with Crippen LogP contribution in [0.1, 0.15) is 26.3 Å². The molecule has 1 aliphatic heterocycles. The van der Waals surface area contributed by atoms with E-state index in [0.29, 0.717) is 6.54 Å². The standard InChI is InChI=1S/C18H29N3O2/c1-18(2,3)15-4-6-16(7-5-15)20-17(22)14-19-8-9-21-10-12-23-13-11-21/h4-7,19H,8-14H2,1-3H3,(H,20,22). The van der Waals surface area contributed by atoms with Crippen LogP contribution >= 0.6 is 0 Å². The molecule has 0 saturated carbocycles. The molecule has 128 valence electrons. The van der Waals surface area contributed by atoms with Gasteiger partial charge in [0, 0.05) is 31.9 Å². The third-order valence-electron chi connectivity index (χ3n) is 4.03. The van der Waals surface area contributed by atoms with Gasteiger partial charge in [-0.25, -0.2) is 0 Å². The number of hydrogen-bond acceptors (Lipinski definition) is 4. The highest BCUT2D eigenvalue weighted by Crippen LogP contribution is 2.23. The van der Waals surface area contributed by atoms with Gasteiger partial charge in [0.2, 0.25) is 5.91 Å². The summed E-state index contributed by atoms with van der Waals surface area (Å²) in [5.41, 5.74) is 2.24. The summed E-state index contributed by atoms with van der Waals surface area (Å²) in [6.45, 7) is 12.2. The summed E-state index contributed by atoms with van der Waals surface area (Å²) in [5, 5.41) is 6.12. The van der Waals surface area contributed by atoms with Gasteiger partial charge in [-0.1, -0.05) is 32.9 Å². The van der Waals surface area contributed by atoms with Crippen molar-refractivity contribution < 1.29 is 9.53 Å². The van der Waals surface area contributed by atoms with Crippen molar-refractivity contribution in [2.45, 2.75) is 26.2 Å². The number of rotatable bonds is 6. The zero-order valence-electron chi connectivity index (χ0n) is 14.5. The zero-order chi connectivity index (χ0) is 16.7. The van der Waals surface area contributed by atoms with E-state index in [9.17, 15) is 4.79 Å². The van der Waals surface area contributed by atoms with E-state index in [0.717, 1.165) is 45.1 Å². The number of hydrogen-bond donors (Lipinski definition) is 2. The molecule has 1 aromatic carbocycles. The topological polar surface area (TPSA) is 53.6 Å². The molecule has 0 bridgehead atoms. The predicted molar refractivity (Wildman–Crippen MR) is 93.9 cm³/mol. The van der Waals surface area contributed by atoms with Crippen molar-refractivity contribution in [2.24, 2.45) is 0 Å². The lowest BCUT2D eigenvalue weighted by Gasteiger charge is -2.26. The van der Waals surface area contributed by atoms with Crippen LogP contribution < -0.4 is 10.6 Å². The summed E-state index contributed by atoms with van der Waals surface area (Å²) in [6.07, 6.45) is 0. The maximum Gasteiger partial charge on any atom is 0.238 e. The Morgan fingerprint density at radius 3 is 2.43 bits per heavy atom. The lowest BCUT2D eigenvalue weighted by Crippen LogP contribution is -2.41. The number of anilines is 1. The molecule has 1 fully saturated rings. The molecule has 0 aromatic heterocycles. The molecule has 0 atom stereocenters. The maximum absolute atomic E-state index is 11.9. The molecule has 23 heavy (non-hydrogen) atoms. The largest absolute Gasteiger partial charge is 0.379 e. The molecule has 1 amide bonds. The van der Waals surface area contributed by atoms with Crippen molar-refractivity contribution in [2.75, 3.05) is 51.3 Å². The summed E-state index contributed by atoms with van der Waals surface area (Å²) in [5.74, 6) is -0.00418. The maximum atomic E-state index is 11.9. The second-order valence-electron chi connectivity index (χ2n) is 7.01. The zero-order valence-corrected chi connectivity index (χ0v) is 14.5. The van der Waals surface area contributed by atoms with Gasteiger partial charge >= 0.3 is 0 Å². The molecule has 2 N–H and O–H groups in total. The normalized spacial score (nSPS) is 16.3. The first-order valence-corrected chi connectivity index (χ1v) is 8.36. The van der Waals surface area contributed by atoms with E-state index >= 15 is 0 Å². The molecule has 1 saturated heterocycles. The molecule has 0 radical (unpaired) electrons. The average molecular weight is 319 g/mol. The fourth-order valence-corrected chi connectivity index (χ4v) is 2.52. The highest BCUT2D eigenvalue weighted by Gasteiger charge is 2.13. The Balaban J connectivity index is 1.66. The minimum absolute atomic E-state index is 0.00418. The molecular formula is C18H29N3O2. The number of nitrogens with one attached hydrogen (secondary N) is 2. The number of ether oxygens (including phenoxy) is 1. The van der Waals surface area contributed by atoms with Crippen LogP contribution in [-0.4, -0.2) is 56.7 Å². The molecule has 1 heterocycles.